The summed E-state index contributed by atoms with van der Waals surface area (Å²) < 4.78 is 18.8. The highest BCUT2D eigenvalue weighted by molar-refractivity contribution is 5.45. The Balaban J connectivity index is 1.77. The molecule has 2 aromatic carbocycles. The van der Waals surface area contributed by atoms with Gasteiger partial charge in [0.25, 0.3) is 0 Å². The molecule has 18 heavy (non-hydrogen) atoms. The molecular weight excluding hydrogens is 229 g/mol. The fourth-order valence-electron chi connectivity index (χ4n) is 1.58. The van der Waals surface area contributed by atoms with Gasteiger partial charge in [-0.2, -0.15) is 0 Å². The highest BCUT2D eigenvalue weighted by atomic mass is 19.1. The lowest BCUT2D eigenvalue weighted by atomic mass is 10.2. The van der Waals surface area contributed by atoms with Crippen LogP contribution in [0.15, 0.2) is 48.5 Å². The monoisotopic (exact) mass is 245 g/mol. The predicted molar refractivity (Wildman–Crippen MR) is 71.6 cm³/mol. The first-order valence-corrected chi connectivity index (χ1v) is 5.93. The van der Waals surface area contributed by atoms with Crippen LogP contribution in [-0.2, 0) is 0 Å². The third-order valence-electron chi connectivity index (χ3n) is 2.61. The molecular formula is C15H16FNO. The molecule has 1 N–H and O–H groups in total. The SMILES string of the molecule is Cc1ccc(NCCOc2ccccc2)cc1F. The van der Waals surface area contributed by atoms with E-state index in [-0.39, 0.29) is 5.82 Å². The first kappa shape index (κ1) is 12.4. The summed E-state index contributed by atoms with van der Waals surface area (Å²) in [5, 5.41) is 3.12. The van der Waals surface area contributed by atoms with Gasteiger partial charge in [0.05, 0.1) is 0 Å². The van der Waals surface area contributed by atoms with Crippen LogP contribution in [0.1, 0.15) is 5.56 Å². The van der Waals surface area contributed by atoms with Gasteiger partial charge >= 0.3 is 0 Å². The molecule has 0 atom stereocenters. The molecule has 0 unspecified atom stereocenters. The first-order valence-electron chi connectivity index (χ1n) is 5.93. The molecule has 0 heterocycles. The summed E-state index contributed by atoms with van der Waals surface area (Å²) in [7, 11) is 0. The molecule has 2 nitrogen and oxygen atoms in total. The molecule has 0 aromatic heterocycles. The summed E-state index contributed by atoms with van der Waals surface area (Å²) in [4.78, 5) is 0. The van der Waals surface area contributed by atoms with Gasteiger partial charge in [-0.15, -0.1) is 0 Å². The number of hydrogen-bond donors (Lipinski definition) is 1. The predicted octanol–water partition coefficient (Wildman–Crippen LogP) is 3.63. The third kappa shape index (κ3) is 3.48. The second-order valence-electron chi connectivity index (χ2n) is 4.05. The summed E-state index contributed by atoms with van der Waals surface area (Å²) in [5.41, 5.74) is 1.43. The molecule has 0 radical (unpaired) electrons. The molecule has 0 aliphatic heterocycles. The molecule has 0 saturated heterocycles. The van der Waals surface area contributed by atoms with E-state index in [4.69, 9.17) is 4.74 Å². The zero-order chi connectivity index (χ0) is 12.8. The Kier molecular flexibility index (Phi) is 4.18. The second kappa shape index (κ2) is 6.05. The van der Waals surface area contributed by atoms with E-state index in [0.29, 0.717) is 18.7 Å². The minimum absolute atomic E-state index is 0.191. The van der Waals surface area contributed by atoms with Crippen molar-refractivity contribution in [3.63, 3.8) is 0 Å². The van der Waals surface area contributed by atoms with Crippen LogP contribution < -0.4 is 10.1 Å². The fourth-order valence-corrected chi connectivity index (χ4v) is 1.58. The van der Waals surface area contributed by atoms with Crippen LogP contribution in [0.2, 0.25) is 0 Å². The minimum Gasteiger partial charge on any atom is -0.492 e. The topological polar surface area (TPSA) is 21.3 Å². The molecule has 2 rings (SSSR count). The van der Waals surface area contributed by atoms with Crippen LogP contribution in [0.25, 0.3) is 0 Å². The fraction of sp³-hybridized carbons (Fsp3) is 0.200. The van der Waals surface area contributed by atoms with Crippen molar-refractivity contribution in [2.75, 3.05) is 18.5 Å². The molecule has 0 amide bonds. The van der Waals surface area contributed by atoms with Crippen LogP contribution in [-0.4, -0.2) is 13.2 Å². The van der Waals surface area contributed by atoms with Gasteiger partial charge in [0.15, 0.2) is 0 Å². The van der Waals surface area contributed by atoms with Crippen molar-refractivity contribution < 1.29 is 9.13 Å². The zero-order valence-corrected chi connectivity index (χ0v) is 10.3. The Morgan fingerprint density at radius 3 is 2.61 bits per heavy atom. The van der Waals surface area contributed by atoms with Crippen molar-refractivity contribution in [2.24, 2.45) is 0 Å². The summed E-state index contributed by atoms with van der Waals surface area (Å²) in [6.07, 6.45) is 0. The molecule has 0 bridgehead atoms. The number of benzene rings is 2. The lowest BCUT2D eigenvalue weighted by molar-refractivity contribution is 0.333. The maximum Gasteiger partial charge on any atom is 0.128 e. The molecule has 2 aromatic rings. The minimum atomic E-state index is -0.191. The van der Waals surface area contributed by atoms with E-state index < -0.39 is 0 Å². The van der Waals surface area contributed by atoms with Crippen LogP contribution >= 0.6 is 0 Å². The summed E-state index contributed by atoms with van der Waals surface area (Å²) >= 11 is 0. The van der Waals surface area contributed by atoms with E-state index in [0.717, 1.165) is 11.4 Å². The van der Waals surface area contributed by atoms with Gasteiger partial charge in [-0.05, 0) is 36.8 Å². The van der Waals surface area contributed by atoms with E-state index >= 15 is 0 Å². The van der Waals surface area contributed by atoms with Crippen molar-refractivity contribution in [1.29, 1.82) is 0 Å². The van der Waals surface area contributed by atoms with Gasteiger partial charge < -0.3 is 10.1 Å². The van der Waals surface area contributed by atoms with Gasteiger partial charge in [0.1, 0.15) is 18.2 Å². The molecule has 0 spiro atoms. The molecule has 0 aliphatic carbocycles. The van der Waals surface area contributed by atoms with Gasteiger partial charge in [-0.3, -0.25) is 0 Å². The zero-order valence-electron chi connectivity index (χ0n) is 10.3. The lowest BCUT2D eigenvalue weighted by Crippen LogP contribution is -2.11. The lowest BCUT2D eigenvalue weighted by Gasteiger charge is -2.09. The number of rotatable bonds is 5. The molecule has 3 heteroatoms. The molecule has 0 fully saturated rings. The molecule has 0 aliphatic rings. The van der Waals surface area contributed by atoms with E-state index in [2.05, 4.69) is 5.32 Å². The smallest absolute Gasteiger partial charge is 0.128 e. The Hall–Kier alpha value is -2.03. The third-order valence-corrected chi connectivity index (χ3v) is 2.61. The summed E-state index contributed by atoms with van der Waals surface area (Å²) in [5.74, 6) is 0.651. The van der Waals surface area contributed by atoms with Crippen molar-refractivity contribution in [3.8, 4) is 5.75 Å². The number of anilines is 1. The van der Waals surface area contributed by atoms with E-state index in [9.17, 15) is 4.39 Å². The number of hydrogen-bond acceptors (Lipinski definition) is 2. The van der Waals surface area contributed by atoms with E-state index in [1.165, 1.54) is 6.07 Å². The second-order valence-corrected chi connectivity index (χ2v) is 4.05. The van der Waals surface area contributed by atoms with Crippen LogP contribution in [0.4, 0.5) is 10.1 Å². The Bertz CT molecular complexity index is 499. The first-order chi connectivity index (χ1) is 8.75. The van der Waals surface area contributed by atoms with Crippen LogP contribution in [0, 0.1) is 12.7 Å². The van der Waals surface area contributed by atoms with Crippen LogP contribution in [0.3, 0.4) is 0 Å². The quantitative estimate of drug-likeness (QED) is 0.812. The van der Waals surface area contributed by atoms with Crippen molar-refractivity contribution >= 4 is 5.69 Å². The number of para-hydroxylation sites is 1. The standard InChI is InChI=1S/C15H16FNO/c1-12-7-8-13(11-15(12)16)17-9-10-18-14-5-3-2-4-6-14/h2-8,11,17H,9-10H2,1H3. The summed E-state index contributed by atoms with van der Waals surface area (Å²) in [6, 6.07) is 14.7. The van der Waals surface area contributed by atoms with Gasteiger partial charge in [0.2, 0.25) is 0 Å². The largest absolute Gasteiger partial charge is 0.492 e. The van der Waals surface area contributed by atoms with Gasteiger partial charge in [0, 0.05) is 12.2 Å². The van der Waals surface area contributed by atoms with Crippen molar-refractivity contribution in [2.45, 2.75) is 6.92 Å². The Labute approximate surface area is 106 Å². The number of halogens is 1. The average Bonchev–Trinajstić information content (AvgIpc) is 2.40. The average molecular weight is 245 g/mol. The van der Waals surface area contributed by atoms with Crippen LogP contribution in [0.5, 0.6) is 5.75 Å². The Morgan fingerprint density at radius 2 is 1.89 bits per heavy atom. The highest BCUT2D eigenvalue weighted by Crippen LogP contribution is 2.13. The highest BCUT2D eigenvalue weighted by Gasteiger charge is 1.98. The molecule has 94 valence electrons. The molecule has 0 saturated carbocycles. The summed E-state index contributed by atoms with van der Waals surface area (Å²) in [6.45, 7) is 2.93. The maximum absolute atomic E-state index is 13.3. The number of nitrogens with one attached hydrogen (secondary N) is 1. The van der Waals surface area contributed by atoms with Gasteiger partial charge in [-0.25, -0.2) is 4.39 Å². The normalized spacial score (nSPS) is 10.1. The Morgan fingerprint density at radius 1 is 1.11 bits per heavy atom. The van der Waals surface area contributed by atoms with Crippen molar-refractivity contribution in [1.82, 2.24) is 0 Å². The van der Waals surface area contributed by atoms with Gasteiger partial charge in [-0.1, -0.05) is 24.3 Å². The number of ether oxygens (including phenoxy) is 1. The van der Waals surface area contributed by atoms with E-state index in [1.54, 1.807) is 13.0 Å². The number of aryl methyl sites for hydroxylation is 1. The van der Waals surface area contributed by atoms with Crippen molar-refractivity contribution in [3.05, 3.63) is 59.9 Å². The van der Waals surface area contributed by atoms with E-state index in [1.807, 2.05) is 36.4 Å². The maximum atomic E-state index is 13.3.